The molecule has 0 N–H and O–H groups in total. The van der Waals surface area contributed by atoms with Gasteiger partial charge in [-0.1, -0.05) is 10.5 Å². The third-order valence-corrected chi connectivity index (χ3v) is 6.94. The Hall–Kier alpha value is -1.56. The predicted molar refractivity (Wildman–Crippen MR) is 128 cm³/mol. The molecule has 0 spiro atoms. The van der Waals surface area contributed by atoms with E-state index in [1.54, 1.807) is 20.8 Å². The Bertz CT molecular complexity index is 709. The van der Waals surface area contributed by atoms with E-state index in [1.807, 2.05) is 6.08 Å². The van der Waals surface area contributed by atoms with Gasteiger partial charge in [-0.05, 0) is 45.8 Å². The minimum absolute atomic E-state index is 0.597. The van der Waals surface area contributed by atoms with Gasteiger partial charge in [-0.2, -0.15) is 0 Å². The SMILES string of the molecule is C=CCCCCSC1OC(C=N[S+]([O-])C(C)(C)C)C(OC(C)=O)C(OC(C)=O)C1OC(C)=O. The third-order valence-electron chi connectivity index (χ3n) is 4.35. The molecular weight excluding hydrogens is 470 g/mol. The Balaban J connectivity index is 3.28. The van der Waals surface area contributed by atoms with Crippen LogP contribution in [0, 0.1) is 0 Å². The fourth-order valence-corrected chi connectivity index (χ4v) is 4.68. The number of carbonyl (C=O) groups is 3. The molecule has 0 aromatic rings. The number of rotatable bonds is 11. The molecule has 0 aromatic carbocycles. The molecule has 0 radical (unpaired) electrons. The molecule has 0 bridgehead atoms. The van der Waals surface area contributed by atoms with Crippen molar-refractivity contribution in [2.24, 2.45) is 4.40 Å². The Morgan fingerprint density at radius 1 is 1.03 bits per heavy atom. The summed E-state index contributed by atoms with van der Waals surface area (Å²) in [5.74, 6) is -1.20. The zero-order valence-electron chi connectivity index (χ0n) is 20.1. The number of ether oxygens (including phenoxy) is 4. The lowest BCUT2D eigenvalue weighted by Crippen LogP contribution is -2.61. The molecule has 1 heterocycles. The van der Waals surface area contributed by atoms with Crippen LogP contribution in [0.2, 0.25) is 0 Å². The number of carbonyl (C=O) groups excluding carboxylic acids is 3. The van der Waals surface area contributed by atoms with Crippen molar-refractivity contribution >= 4 is 47.2 Å². The molecule has 0 aliphatic carbocycles. The molecule has 11 heteroatoms. The number of esters is 3. The second kappa shape index (κ2) is 14.0. The van der Waals surface area contributed by atoms with Crippen molar-refractivity contribution < 1.29 is 37.9 Å². The Labute approximate surface area is 203 Å². The van der Waals surface area contributed by atoms with Gasteiger partial charge in [0.25, 0.3) is 0 Å². The van der Waals surface area contributed by atoms with E-state index in [0.717, 1.165) is 19.3 Å². The molecule has 1 saturated heterocycles. The number of thioether (sulfide) groups is 1. The topological polar surface area (TPSA) is 124 Å². The van der Waals surface area contributed by atoms with Gasteiger partial charge in [0.15, 0.2) is 18.3 Å². The second-order valence-corrected chi connectivity index (χ2v) is 11.6. The third kappa shape index (κ3) is 10.5. The van der Waals surface area contributed by atoms with E-state index >= 15 is 0 Å². The van der Waals surface area contributed by atoms with Crippen molar-refractivity contribution in [3.8, 4) is 0 Å². The summed E-state index contributed by atoms with van der Waals surface area (Å²) in [4.78, 5) is 35.5. The van der Waals surface area contributed by atoms with Crippen molar-refractivity contribution in [1.82, 2.24) is 0 Å². The molecule has 0 saturated carbocycles. The van der Waals surface area contributed by atoms with E-state index in [1.165, 1.54) is 38.7 Å². The zero-order valence-corrected chi connectivity index (χ0v) is 21.7. The lowest BCUT2D eigenvalue weighted by Gasteiger charge is -2.43. The molecule has 1 rings (SSSR count). The maximum Gasteiger partial charge on any atom is 0.303 e. The highest BCUT2D eigenvalue weighted by Gasteiger charge is 2.51. The van der Waals surface area contributed by atoms with E-state index in [-0.39, 0.29) is 0 Å². The molecule has 0 aromatic heterocycles. The number of nitrogens with zero attached hydrogens (tertiary/aromatic N) is 1. The Morgan fingerprint density at radius 2 is 1.58 bits per heavy atom. The summed E-state index contributed by atoms with van der Waals surface area (Å²) in [6.07, 6.45) is 1.55. The summed E-state index contributed by atoms with van der Waals surface area (Å²) >= 11 is -0.197. The number of allylic oxidation sites excluding steroid dienone is 1. The summed E-state index contributed by atoms with van der Waals surface area (Å²) in [6.45, 7) is 12.7. The van der Waals surface area contributed by atoms with Gasteiger partial charge in [-0.25, -0.2) is 0 Å². The predicted octanol–water partition coefficient (Wildman–Crippen LogP) is 3.13. The first kappa shape index (κ1) is 29.5. The molecule has 1 aliphatic rings. The zero-order chi connectivity index (χ0) is 25.2. The Kier molecular flexibility index (Phi) is 12.5. The second-order valence-electron chi connectivity index (χ2n) is 8.46. The molecule has 6 atom stereocenters. The maximum absolute atomic E-state index is 12.4. The van der Waals surface area contributed by atoms with Crippen LogP contribution in [0.1, 0.15) is 60.8 Å². The van der Waals surface area contributed by atoms with Crippen molar-refractivity contribution in [1.29, 1.82) is 0 Å². The molecule has 188 valence electrons. The summed E-state index contributed by atoms with van der Waals surface area (Å²) in [6, 6.07) is 0. The van der Waals surface area contributed by atoms with Gasteiger partial charge < -0.3 is 23.5 Å². The quantitative estimate of drug-likeness (QED) is 0.104. The average Bonchev–Trinajstić information content (AvgIpc) is 2.68. The highest BCUT2D eigenvalue weighted by molar-refractivity contribution is 7.99. The molecule has 0 amide bonds. The standard InChI is InChI=1S/C22H35NO8S2/c1-8-9-10-11-12-32-21-20(30-16(4)26)19(29-15(3)25)18(28-14(2)24)17(31-21)13-23-33(27)22(5,6)7/h8,13,17-21H,1,9-12H2,2-7H3. The number of hydrogen-bond acceptors (Lipinski definition) is 10. The van der Waals surface area contributed by atoms with Gasteiger partial charge in [0.2, 0.25) is 0 Å². The summed E-state index contributed by atoms with van der Waals surface area (Å²) in [5.41, 5.74) is -0.728. The minimum atomic E-state index is -1.59. The van der Waals surface area contributed by atoms with E-state index in [0.29, 0.717) is 5.75 Å². The van der Waals surface area contributed by atoms with Crippen LogP contribution in [-0.4, -0.2) is 69.0 Å². The lowest BCUT2D eigenvalue weighted by molar-refractivity contribution is -0.221. The Morgan fingerprint density at radius 3 is 2.09 bits per heavy atom. The van der Waals surface area contributed by atoms with Crippen molar-refractivity contribution in [3.05, 3.63) is 12.7 Å². The van der Waals surface area contributed by atoms with Gasteiger partial charge in [0.05, 0.1) is 6.21 Å². The molecule has 1 aliphatic heterocycles. The van der Waals surface area contributed by atoms with E-state index in [2.05, 4.69) is 11.0 Å². The van der Waals surface area contributed by atoms with E-state index < -0.39 is 63.9 Å². The fraction of sp³-hybridized carbons (Fsp3) is 0.727. The van der Waals surface area contributed by atoms with Crippen LogP contribution >= 0.6 is 11.8 Å². The highest BCUT2D eigenvalue weighted by atomic mass is 32.2. The van der Waals surface area contributed by atoms with Crippen LogP contribution in [0.25, 0.3) is 0 Å². The molecule has 1 fully saturated rings. The van der Waals surface area contributed by atoms with Crippen LogP contribution < -0.4 is 0 Å². The number of unbranched alkanes of at least 4 members (excludes halogenated alkanes) is 2. The first-order chi connectivity index (χ1) is 15.4. The normalized spacial score (nSPS) is 26.5. The highest BCUT2D eigenvalue weighted by Crippen LogP contribution is 2.34. The smallest absolute Gasteiger partial charge is 0.303 e. The summed E-state index contributed by atoms with van der Waals surface area (Å²) in [7, 11) is 0. The van der Waals surface area contributed by atoms with Gasteiger partial charge in [0, 0.05) is 20.8 Å². The number of hydrogen-bond donors (Lipinski definition) is 0. The van der Waals surface area contributed by atoms with Crippen molar-refractivity contribution in [2.45, 2.75) is 95.4 Å². The fourth-order valence-electron chi connectivity index (χ4n) is 2.92. The van der Waals surface area contributed by atoms with E-state index in [4.69, 9.17) is 18.9 Å². The summed E-state index contributed by atoms with van der Waals surface area (Å²) in [5, 5.41) is 0. The van der Waals surface area contributed by atoms with Crippen LogP contribution in [0.3, 0.4) is 0 Å². The molecule has 6 unspecified atom stereocenters. The first-order valence-electron chi connectivity index (χ1n) is 10.7. The minimum Gasteiger partial charge on any atom is -0.591 e. The first-order valence-corrected chi connectivity index (χ1v) is 12.9. The maximum atomic E-state index is 12.4. The monoisotopic (exact) mass is 505 g/mol. The van der Waals surface area contributed by atoms with Crippen LogP contribution in [0.15, 0.2) is 17.1 Å². The van der Waals surface area contributed by atoms with Crippen molar-refractivity contribution in [3.63, 3.8) is 0 Å². The molecular formula is C22H35NO8S2. The van der Waals surface area contributed by atoms with Crippen LogP contribution in [0.5, 0.6) is 0 Å². The van der Waals surface area contributed by atoms with E-state index in [9.17, 15) is 18.9 Å². The lowest BCUT2D eigenvalue weighted by atomic mass is 9.99. The van der Waals surface area contributed by atoms with Gasteiger partial charge >= 0.3 is 17.9 Å². The van der Waals surface area contributed by atoms with Crippen molar-refractivity contribution in [2.75, 3.05) is 5.75 Å². The van der Waals surface area contributed by atoms with Crippen LogP contribution in [0.4, 0.5) is 0 Å². The average molecular weight is 506 g/mol. The largest absolute Gasteiger partial charge is 0.591 e. The van der Waals surface area contributed by atoms with Gasteiger partial charge in [-0.15, -0.1) is 18.3 Å². The van der Waals surface area contributed by atoms with Crippen LogP contribution in [-0.2, 0) is 44.7 Å². The molecule has 9 nitrogen and oxygen atoms in total. The van der Waals surface area contributed by atoms with Gasteiger partial charge in [-0.3, -0.25) is 14.4 Å². The summed E-state index contributed by atoms with van der Waals surface area (Å²) < 4.78 is 38.4. The molecule has 33 heavy (non-hydrogen) atoms. The van der Waals surface area contributed by atoms with Gasteiger partial charge in [0.1, 0.15) is 27.6 Å².